The maximum absolute atomic E-state index is 9.40. The Hall–Kier alpha value is -2.59. The van der Waals surface area contributed by atoms with E-state index >= 15 is 0 Å². The summed E-state index contributed by atoms with van der Waals surface area (Å²) in [5, 5.41) is 30.2. The summed E-state index contributed by atoms with van der Waals surface area (Å²) in [4.78, 5) is 4.62. The van der Waals surface area contributed by atoms with Crippen LogP contribution in [0.25, 0.3) is 22.8 Å². The van der Waals surface area contributed by atoms with Gasteiger partial charge >= 0.3 is 0 Å². The molecule has 4 rings (SSSR count). The molecule has 9 heteroatoms. The maximum atomic E-state index is 9.40. The number of ether oxygens (including phenoxy) is 1. The first-order valence-electron chi connectivity index (χ1n) is 11.2. The zero-order chi connectivity index (χ0) is 22.3. The molecule has 0 aliphatic heterocycles. The van der Waals surface area contributed by atoms with Gasteiger partial charge in [0.2, 0.25) is 5.82 Å². The SMILES string of the molecule is COCc1c(-c2nc(-c3ccc(CNCC(O)CO)cc3)no2)cnn1C1CCCCC1. The highest BCUT2D eigenvalue weighted by Gasteiger charge is 2.24. The molecule has 1 aliphatic carbocycles. The molecule has 3 N–H and O–H groups in total. The molecule has 3 aromatic rings. The van der Waals surface area contributed by atoms with Gasteiger partial charge in [-0.2, -0.15) is 10.1 Å². The van der Waals surface area contributed by atoms with Crippen LogP contribution >= 0.6 is 0 Å². The van der Waals surface area contributed by atoms with Crippen molar-refractivity contribution in [3.63, 3.8) is 0 Å². The summed E-state index contributed by atoms with van der Waals surface area (Å²) < 4.78 is 13.1. The van der Waals surface area contributed by atoms with Crippen molar-refractivity contribution in [2.75, 3.05) is 20.3 Å². The number of aliphatic hydroxyl groups excluding tert-OH is 2. The van der Waals surface area contributed by atoms with E-state index in [0.717, 1.165) is 35.2 Å². The quantitative estimate of drug-likeness (QED) is 0.439. The van der Waals surface area contributed by atoms with Gasteiger partial charge in [0.15, 0.2) is 0 Å². The molecule has 1 aromatic carbocycles. The van der Waals surface area contributed by atoms with Gasteiger partial charge in [0, 0.05) is 25.8 Å². The summed E-state index contributed by atoms with van der Waals surface area (Å²) in [5.74, 6) is 0.960. The molecule has 32 heavy (non-hydrogen) atoms. The Morgan fingerprint density at radius 3 is 2.72 bits per heavy atom. The molecule has 0 spiro atoms. The smallest absolute Gasteiger partial charge is 0.261 e. The third-order valence-corrected chi connectivity index (χ3v) is 5.89. The molecule has 0 saturated heterocycles. The van der Waals surface area contributed by atoms with E-state index in [4.69, 9.17) is 14.4 Å². The van der Waals surface area contributed by atoms with Crippen LogP contribution in [-0.2, 0) is 17.9 Å². The predicted octanol–water partition coefficient (Wildman–Crippen LogP) is 2.69. The van der Waals surface area contributed by atoms with Crippen molar-refractivity contribution in [1.82, 2.24) is 25.2 Å². The van der Waals surface area contributed by atoms with Crippen LogP contribution in [-0.4, -0.2) is 56.5 Å². The van der Waals surface area contributed by atoms with Crippen LogP contribution < -0.4 is 5.32 Å². The third-order valence-electron chi connectivity index (χ3n) is 5.89. The zero-order valence-corrected chi connectivity index (χ0v) is 18.4. The van der Waals surface area contributed by atoms with Crippen molar-refractivity contribution >= 4 is 0 Å². The summed E-state index contributed by atoms with van der Waals surface area (Å²) in [5.41, 5.74) is 3.70. The number of nitrogens with one attached hydrogen (secondary N) is 1. The van der Waals surface area contributed by atoms with E-state index in [9.17, 15) is 5.11 Å². The lowest BCUT2D eigenvalue weighted by Gasteiger charge is -2.24. The summed E-state index contributed by atoms with van der Waals surface area (Å²) in [6.07, 6.45) is 7.05. The minimum absolute atomic E-state index is 0.252. The van der Waals surface area contributed by atoms with Crippen molar-refractivity contribution in [2.24, 2.45) is 0 Å². The highest BCUT2D eigenvalue weighted by molar-refractivity contribution is 5.61. The van der Waals surface area contributed by atoms with Gasteiger partial charge in [0.05, 0.1) is 42.8 Å². The average molecular weight is 442 g/mol. The second-order valence-electron chi connectivity index (χ2n) is 8.26. The molecule has 1 saturated carbocycles. The number of nitrogens with zero attached hydrogens (tertiary/aromatic N) is 4. The first kappa shape index (κ1) is 22.6. The molecule has 2 aromatic heterocycles. The van der Waals surface area contributed by atoms with Gasteiger partial charge in [0.1, 0.15) is 0 Å². The number of aromatic nitrogens is 4. The predicted molar refractivity (Wildman–Crippen MR) is 119 cm³/mol. The minimum atomic E-state index is -0.752. The van der Waals surface area contributed by atoms with Crippen LogP contribution in [0, 0.1) is 0 Å². The van der Waals surface area contributed by atoms with Gasteiger partial charge in [-0.15, -0.1) is 0 Å². The molecule has 0 radical (unpaired) electrons. The number of methoxy groups -OCH3 is 1. The van der Waals surface area contributed by atoms with Gasteiger partial charge in [-0.1, -0.05) is 48.7 Å². The standard InChI is InChI=1S/C23H31N5O4/c1-31-15-21-20(13-25-28(21)18-5-3-2-4-6-18)23-26-22(27-32-23)17-9-7-16(8-10-17)11-24-12-19(30)14-29/h7-10,13,18-19,24,29-30H,2-6,11-12,14-15H2,1H3. The van der Waals surface area contributed by atoms with Crippen LogP contribution in [0.4, 0.5) is 0 Å². The van der Waals surface area contributed by atoms with Crippen LogP contribution in [0.1, 0.15) is 49.4 Å². The number of benzene rings is 1. The number of rotatable bonds is 10. The second-order valence-corrected chi connectivity index (χ2v) is 8.26. The summed E-state index contributed by atoms with van der Waals surface area (Å²) >= 11 is 0. The van der Waals surface area contributed by atoms with Gasteiger partial charge < -0.3 is 24.8 Å². The highest BCUT2D eigenvalue weighted by Crippen LogP contribution is 2.33. The Morgan fingerprint density at radius 2 is 2.00 bits per heavy atom. The molecule has 0 bridgehead atoms. The van der Waals surface area contributed by atoms with E-state index in [2.05, 4.69) is 25.2 Å². The Labute approximate surface area is 187 Å². The maximum Gasteiger partial charge on any atom is 0.261 e. The Bertz CT molecular complexity index is 979. The molecular weight excluding hydrogens is 410 g/mol. The molecule has 1 aliphatic rings. The average Bonchev–Trinajstić information content (AvgIpc) is 3.48. The van der Waals surface area contributed by atoms with Crippen molar-refractivity contribution in [2.45, 2.75) is 57.4 Å². The Morgan fingerprint density at radius 1 is 1.22 bits per heavy atom. The van der Waals surface area contributed by atoms with E-state index < -0.39 is 6.10 Å². The number of hydrogen-bond acceptors (Lipinski definition) is 8. The summed E-state index contributed by atoms with van der Waals surface area (Å²) in [7, 11) is 1.68. The normalized spacial score (nSPS) is 15.8. The lowest BCUT2D eigenvalue weighted by molar-refractivity contribution is 0.0942. The van der Waals surface area contributed by atoms with Gasteiger partial charge in [-0.25, -0.2) is 0 Å². The highest BCUT2D eigenvalue weighted by atomic mass is 16.5. The summed E-state index contributed by atoms with van der Waals surface area (Å²) in [6.45, 7) is 1.12. The first-order chi connectivity index (χ1) is 15.7. The first-order valence-corrected chi connectivity index (χ1v) is 11.2. The van der Waals surface area contributed by atoms with Crippen molar-refractivity contribution in [3.8, 4) is 22.8 Å². The molecule has 1 unspecified atom stereocenters. The molecule has 1 atom stereocenters. The Kier molecular flexibility index (Phi) is 7.64. The lowest BCUT2D eigenvalue weighted by Crippen LogP contribution is -2.28. The third kappa shape index (κ3) is 5.24. The second kappa shape index (κ2) is 10.8. The van der Waals surface area contributed by atoms with Crippen molar-refractivity contribution < 1.29 is 19.5 Å². The molecule has 172 valence electrons. The van der Waals surface area contributed by atoms with E-state index in [0.29, 0.717) is 37.5 Å². The van der Waals surface area contributed by atoms with Gasteiger partial charge in [-0.3, -0.25) is 4.68 Å². The fourth-order valence-electron chi connectivity index (χ4n) is 4.16. The van der Waals surface area contributed by atoms with Crippen LogP contribution in [0.3, 0.4) is 0 Å². The van der Waals surface area contributed by atoms with Crippen LogP contribution in [0.15, 0.2) is 35.0 Å². The topological polar surface area (TPSA) is 118 Å². The summed E-state index contributed by atoms with van der Waals surface area (Å²) in [6, 6.07) is 8.22. The fraction of sp³-hybridized carbons (Fsp3) is 0.522. The zero-order valence-electron chi connectivity index (χ0n) is 18.4. The Balaban J connectivity index is 1.48. The fourth-order valence-corrected chi connectivity index (χ4v) is 4.16. The van der Waals surface area contributed by atoms with E-state index in [1.54, 1.807) is 13.3 Å². The monoisotopic (exact) mass is 441 g/mol. The van der Waals surface area contributed by atoms with Crippen molar-refractivity contribution in [1.29, 1.82) is 0 Å². The van der Waals surface area contributed by atoms with E-state index in [-0.39, 0.29) is 6.61 Å². The van der Waals surface area contributed by atoms with E-state index in [1.807, 2.05) is 24.3 Å². The van der Waals surface area contributed by atoms with Gasteiger partial charge in [0.25, 0.3) is 5.89 Å². The molecule has 2 heterocycles. The molecule has 1 fully saturated rings. The van der Waals surface area contributed by atoms with Gasteiger partial charge in [-0.05, 0) is 18.4 Å². The number of hydrogen-bond donors (Lipinski definition) is 3. The molecule has 9 nitrogen and oxygen atoms in total. The largest absolute Gasteiger partial charge is 0.394 e. The lowest BCUT2D eigenvalue weighted by atomic mass is 9.95. The molecular formula is C23H31N5O4. The molecule has 0 amide bonds. The van der Waals surface area contributed by atoms with Crippen LogP contribution in [0.2, 0.25) is 0 Å². The number of aliphatic hydroxyl groups is 2. The van der Waals surface area contributed by atoms with E-state index in [1.165, 1.54) is 19.3 Å². The van der Waals surface area contributed by atoms with Crippen molar-refractivity contribution in [3.05, 3.63) is 41.7 Å². The van der Waals surface area contributed by atoms with Crippen LogP contribution in [0.5, 0.6) is 0 Å². The minimum Gasteiger partial charge on any atom is -0.394 e.